The minimum Gasteiger partial charge on any atom is -0.465 e. The molecule has 168 valence electrons. The Morgan fingerprint density at radius 1 is 0.594 bits per heavy atom. The summed E-state index contributed by atoms with van der Waals surface area (Å²) in [5.74, 6) is -0.577. The molecule has 0 spiro atoms. The van der Waals surface area contributed by atoms with Crippen molar-refractivity contribution in [3.8, 4) is 0 Å². The molecule has 4 bridgehead atoms. The van der Waals surface area contributed by atoms with Crippen LogP contribution >= 0.6 is 0 Å². The third-order valence-corrected chi connectivity index (χ3v) is 8.43. The predicted octanol–water partition coefficient (Wildman–Crippen LogP) is 5.83. The molecule has 2 aromatic rings. The van der Waals surface area contributed by atoms with E-state index < -0.39 is 0 Å². The summed E-state index contributed by atoms with van der Waals surface area (Å²) in [5.41, 5.74) is 4.67. The Hall–Kier alpha value is -2.62. The Kier molecular flexibility index (Phi) is 4.60. The van der Waals surface area contributed by atoms with E-state index in [-0.39, 0.29) is 33.6 Å². The van der Waals surface area contributed by atoms with Crippen molar-refractivity contribution in [2.75, 3.05) is 14.2 Å². The third-order valence-electron chi connectivity index (χ3n) is 8.43. The molecule has 4 heteroatoms. The van der Waals surface area contributed by atoms with Gasteiger partial charge in [-0.25, -0.2) is 9.59 Å². The number of carbonyl (C=O) groups is 2. The fourth-order valence-corrected chi connectivity index (χ4v) is 8.46. The lowest BCUT2D eigenvalue weighted by Crippen LogP contribution is -2.62. The average molecular weight is 433 g/mol. The first-order valence-corrected chi connectivity index (χ1v) is 11.5. The monoisotopic (exact) mass is 432 g/mol. The van der Waals surface area contributed by atoms with Crippen LogP contribution in [0.15, 0.2) is 48.5 Å². The zero-order chi connectivity index (χ0) is 22.8. The molecule has 2 aromatic carbocycles. The van der Waals surface area contributed by atoms with E-state index in [9.17, 15) is 9.59 Å². The van der Waals surface area contributed by atoms with Crippen molar-refractivity contribution in [3.05, 3.63) is 70.8 Å². The van der Waals surface area contributed by atoms with Crippen LogP contribution in [0.1, 0.15) is 84.2 Å². The minimum atomic E-state index is -0.289. The van der Waals surface area contributed by atoms with Crippen LogP contribution in [0.3, 0.4) is 0 Å². The quantitative estimate of drug-likeness (QED) is 0.571. The lowest BCUT2D eigenvalue weighted by molar-refractivity contribution is -0.126. The molecule has 0 atom stereocenters. The minimum absolute atomic E-state index is 0.105. The first-order chi connectivity index (χ1) is 15.1. The Morgan fingerprint density at radius 3 is 1.25 bits per heavy atom. The molecule has 0 heterocycles. The van der Waals surface area contributed by atoms with E-state index >= 15 is 0 Å². The second-order valence-electron chi connectivity index (χ2n) is 11.4. The highest BCUT2D eigenvalue weighted by Gasteiger charge is 2.66. The van der Waals surface area contributed by atoms with E-state index in [4.69, 9.17) is 9.47 Å². The van der Waals surface area contributed by atoms with Gasteiger partial charge in [0.05, 0.1) is 25.3 Å². The largest absolute Gasteiger partial charge is 0.465 e. The van der Waals surface area contributed by atoms with Gasteiger partial charge < -0.3 is 9.47 Å². The average Bonchev–Trinajstić information content (AvgIpc) is 2.76. The van der Waals surface area contributed by atoms with Gasteiger partial charge in [0.1, 0.15) is 0 Å². The Bertz CT molecular complexity index is 966. The van der Waals surface area contributed by atoms with Crippen molar-refractivity contribution in [1.82, 2.24) is 0 Å². The first kappa shape index (κ1) is 21.2. The van der Waals surface area contributed by atoms with Crippen molar-refractivity contribution in [2.24, 2.45) is 10.8 Å². The molecule has 4 aliphatic rings. The summed E-state index contributed by atoms with van der Waals surface area (Å²) in [4.78, 5) is 23.9. The molecule has 0 aromatic heterocycles. The van der Waals surface area contributed by atoms with Crippen molar-refractivity contribution in [1.29, 1.82) is 0 Å². The van der Waals surface area contributed by atoms with Crippen LogP contribution < -0.4 is 0 Å². The van der Waals surface area contributed by atoms with Gasteiger partial charge in [0.15, 0.2) is 0 Å². The van der Waals surface area contributed by atoms with Crippen molar-refractivity contribution < 1.29 is 19.1 Å². The smallest absolute Gasteiger partial charge is 0.337 e. The molecule has 32 heavy (non-hydrogen) atoms. The van der Waals surface area contributed by atoms with Crippen LogP contribution in [0.2, 0.25) is 0 Å². The van der Waals surface area contributed by atoms with Gasteiger partial charge in [-0.05, 0) is 95.6 Å². The maximum absolute atomic E-state index is 12.0. The van der Waals surface area contributed by atoms with Crippen LogP contribution in [-0.4, -0.2) is 26.2 Å². The zero-order valence-corrected chi connectivity index (χ0v) is 19.5. The van der Waals surface area contributed by atoms with Crippen LogP contribution in [0.5, 0.6) is 0 Å². The lowest BCUT2D eigenvalue weighted by atomic mass is 9.34. The van der Waals surface area contributed by atoms with Crippen LogP contribution in [0, 0.1) is 10.8 Å². The number of hydrogen-bond donors (Lipinski definition) is 0. The molecular formula is C28H32O4. The molecule has 4 saturated carbocycles. The van der Waals surface area contributed by atoms with Crippen LogP contribution in [-0.2, 0) is 20.3 Å². The number of hydrogen-bond acceptors (Lipinski definition) is 4. The maximum atomic E-state index is 12.0. The van der Waals surface area contributed by atoms with E-state index in [1.807, 2.05) is 24.3 Å². The van der Waals surface area contributed by atoms with E-state index in [0.717, 1.165) is 6.42 Å². The number of ether oxygens (including phenoxy) is 2. The highest BCUT2D eigenvalue weighted by atomic mass is 16.5. The third kappa shape index (κ3) is 3.18. The van der Waals surface area contributed by atoms with E-state index in [1.54, 1.807) is 0 Å². The van der Waals surface area contributed by atoms with Crippen molar-refractivity contribution in [2.45, 2.75) is 63.2 Å². The van der Waals surface area contributed by atoms with Gasteiger partial charge in [-0.2, -0.15) is 0 Å². The maximum Gasteiger partial charge on any atom is 0.337 e. The molecular weight excluding hydrogens is 400 g/mol. The number of carbonyl (C=O) groups excluding carboxylic acids is 2. The Balaban J connectivity index is 1.57. The van der Waals surface area contributed by atoms with Crippen LogP contribution in [0.25, 0.3) is 0 Å². The molecule has 0 unspecified atom stereocenters. The predicted molar refractivity (Wildman–Crippen MR) is 123 cm³/mol. The molecule has 4 aliphatic carbocycles. The van der Waals surface area contributed by atoms with Crippen molar-refractivity contribution >= 4 is 11.9 Å². The molecule has 4 fully saturated rings. The number of benzene rings is 2. The van der Waals surface area contributed by atoms with E-state index in [1.165, 1.54) is 57.5 Å². The number of esters is 2. The molecule has 4 nitrogen and oxygen atoms in total. The SMILES string of the molecule is COC(=O)c1ccc(C23CC4(C)CC(C)(C2)CC(c2ccc(C(=O)OC)cc2)(C4)C3)cc1. The number of methoxy groups -OCH3 is 2. The second-order valence-corrected chi connectivity index (χ2v) is 11.4. The van der Waals surface area contributed by atoms with Gasteiger partial charge in [0.25, 0.3) is 0 Å². The van der Waals surface area contributed by atoms with Crippen LogP contribution in [0.4, 0.5) is 0 Å². The fourth-order valence-electron chi connectivity index (χ4n) is 8.46. The lowest BCUT2D eigenvalue weighted by Gasteiger charge is -2.70. The fraction of sp³-hybridized carbons (Fsp3) is 0.500. The summed E-state index contributed by atoms with van der Waals surface area (Å²) < 4.78 is 9.79. The van der Waals surface area contributed by atoms with E-state index in [0.29, 0.717) is 11.1 Å². The normalized spacial score (nSPS) is 34.9. The summed E-state index contributed by atoms with van der Waals surface area (Å²) >= 11 is 0. The molecule has 0 radical (unpaired) electrons. The standard InChI is InChI=1S/C28H32O4/c1-25-13-26(2)16-27(14-25,21-9-5-19(6-10-21)23(29)31-3)18-28(15-25,17-26)22-11-7-20(8-12-22)24(30)32-4/h5-12H,13-18H2,1-4H3. The highest BCUT2D eigenvalue weighted by Crippen LogP contribution is 2.74. The number of rotatable bonds is 4. The highest BCUT2D eigenvalue weighted by molar-refractivity contribution is 5.89. The molecule has 0 saturated heterocycles. The Labute approximate surface area is 190 Å². The van der Waals surface area contributed by atoms with Gasteiger partial charge in [-0.1, -0.05) is 38.1 Å². The van der Waals surface area contributed by atoms with Gasteiger partial charge in [0, 0.05) is 0 Å². The molecule has 0 N–H and O–H groups in total. The van der Waals surface area contributed by atoms with Crippen molar-refractivity contribution in [3.63, 3.8) is 0 Å². The van der Waals surface area contributed by atoms with Gasteiger partial charge in [-0.3, -0.25) is 0 Å². The van der Waals surface area contributed by atoms with Gasteiger partial charge >= 0.3 is 11.9 Å². The summed E-state index contributed by atoms with van der Waals surface area (Å²) in [7, 11) is 2.85. The Morgan fingerprint density at radius 2 is 0.938 bits per heavy atom. The topological polar surface area (TPSA) is 52.6 Å². The molecule has 0 amide bonds. The van der Waals surface area contributed by atoms with E-state index in [2.05, 4.69) is 38.1 Å². The second kappa shape index (κ2) is 6.94. The first-order valence-electron chi connectivity index (χ1n) is 11.5. The summed E-state index contributed by atoms with van der Waals surface area (Å²) in [5, 5.41) is 0. The van der Waals surface area contributed by atoms with Gasteiger partial charge in [0.2, 0.25) is 0 Å². The van der Waals surface area contributed by atoms with Gasteiger partial charge in [-0.15, -0.1) is 0 Å². The summed E-state index contributed by atoms with van der Waals surface area (Å²) in [6, 6.07) is 16.3. The molecule has 0 aliphatic heterocycles. The summed E-state index contributed by atoms with van der Waals surface area (Å²) in [6.07, 6.45) is 7.14. The summed E-state index contributed by atoms with van der Waals surface area (Å²) in [6.45, 7) is 4.94. The zero-order valence-electron chi connectivity index (χ0n) is 19.5. The molecule has 6 rings (SSSR count).